The van der Waals surface area contributed by atoms with Crippen LogP contribution in [0, 0.1) is 6.92 Å². The first-order chi connectivity index (χ1) is 16.0. The number of aryl methyl sites for hydroxylation is 1. The van der Waals surface area contributed by atoms with E-state index in [-0.39, 0.29) is 11.7 Å². The molecule has 5 rings (SSSR count). The lowest BCUT2D eigenvalue weighted by atomic mass is 10.2. The van der Waals surface area contributed by atoms with Gasteiger partial charge in [-0.2, -0.15) is 5.10 Å². The van der Waals surface area contributed by atoms with Gasteiger partial charge in [0.15, 0.2) is 10.8 Å². The number of nitrogens with zero attached hydrogens (tertiary/aromatic N) is 3. The van der Waals surface area contributed by atoms with Gasteiger partial charge in [-0.05, 0) is 54.6 Å². The van der Waals surface area contributed by atoms with Crippen molar-refractivity contribution in [2.24, 2.45) is 5.10 Å². The molecule has 0 radical (unpaired) electrons. The van der Waals surface area contributed by atoms with Crippen LogP contribution in [-0.2, 0) is 9.59 Å². The lowest BCUT2D eigenvalue weighted by molar-refractivity contribution is -0.114. The number of hydrazone groups is 1. The van der Waals surface area contributed by atoms with Gasteiger partial charge >= 0.3 is 0 Å². The molecule has 2 heterocycles. The number of thioether (sulfide) groups is 2. The van der Waals surface area contributed by atoms with Gasteiger partial charge in [-0.25, -0.2) is 5.01 Å². The fourth-order valence-electron chi connectivity index (χ4n) is 3.72. The fourth-order valence-corrected chi connectivity index (χ4v) is 6.59. The summed E-state index contributed by atoms with van der Waals surface area (Å²) in [5.74, 6) is -0.254. The molecule has 1 spiro atoms. The zero-order valence-corrected chi connectivity index (χ0v) is 19.8. The maximum Gasteiger partial charge on any atom is 0.268 e. The third-order valence-electron chi connectivity index (χ3n) is 5.32. The Balaban J connectivity index is 1.69. The number of hydrogen-bond donors (Lipinski definition) is 0. The van der Waals surface area contributed by atoms with Crippen molar-refractivity contribution >= 4 is 57.7 Å². The van der Waals surface area contributed by atoms with Crippen LogP contribution in [0.1, 0.15) is 18.1 Å². The number of benzene rings is 3. The Kier molecular flexibility index (Phi) is 5.60. The zero-order valence-electron chi connectivity index (χ0n) is 18.1. The standard InChI is InChI=1S/C26H21N3O2S2/c1-18-13-15-22(16-14-18)29-26(33-24(27-29)19(2)30)28(21-11-7-4-8-12-21)25(31)23(32-26)17-20-9-5-3-6-10-20/h3-17H,1-2H3. The molecule has 3 aromatic carbocycles. The molecule has 0 aliphatic carbocycles. The summed E-state index contributed by atoms with van der Waals surface area (Å²) in [6, 6.07) is 27.3. The van der Waals surface area contributed by atoms with E-state index in [4.69, 9.17) is 5.10 Å². The van der Waals surface area contributed by atoms with E-state index in [1.165, 1.54) is 30.4 Å². The van der Waals surface area contributed by atoms with Crippen molar-refractivity contribution in [3.05, 3.63) is 101 Å². The summed E-state index contributed by atoms with van der Waals surface area (Å²) in [5.41, 5.74) is 3.62. The number of amides is 1. The second-order valence-electron chi connectivity index (χ2n) is 7.76. The molecule has 2 aliphatic heterocycles. The van der Waals surface area contributed by atoms with Crippen LogP contribution in [0.4, 0.5) is 11.4 Å². The third kappa shape index (κ3) is 3.87. The fraction of sp³-hybridized carbons (Fsp3) is 0.115. The van der Waals surface area contributed by atoms with Crippen molar-refractivity contribution in [3.63, 3.8) is 0 Å². The monoisotopic (exact) mass is 471 g/mol. The quantitative estimate of drug-likeness (QED) is 0.445. The van der Waals surface area contributed by atoms with Crippen LogP contribution in [0.15, 0.2) is 94.9 Å². The van der Waals surface area contributed by atoms with Crippen LogP contribution >= 0.6 is 23.5 Å². The van der Waals surface area contributed by atoms with Crippen LogP contribution in [0.3, 0.4) is 0 Å². The number of anilines is 2. The van der Waals surface area contributed by atoms with Crippen molar-refractivity contribution in [2.45, 2.75) is 18.2 Å². The van der Waals surface area contributed by atoms with E-state index in [2.05, 4.69) is 0 Å². The van der Waals surface area contributed by atoms with Gasteiger partial charge in [0.25, 0.3) is 5.91 Å². The average molecular weight is 472 g/mol. The molecule has 1 fully saturated rings. The van der Waals surface area contributed by atoms with E-state index in [1.54, 1.807) is 9.91 Å². The Labute approximate surface area is 201 Å². The average Bonchev–Trinajstić information content (AvgIpc) is 3.33. The summed E-state index contributed by atoms with van der Waals surface area (Å²) in [6.45, 7) is 3.53. The number of para-hydroxylation sites is 1. The first-order valence-corrected chi connectivity index (χ1v) is 12.1. The molecule has 1 amide bonds. The molecular weight excluding hydrogens is 450 g/mol. The maximum absolute atomic E-state index is 13.8. The van der Waals surface area contributed by atoms with E-state index in [1.807, 2.05) is 97.9 Å². The predicted octanol–water partition coefficient (Wildman–Crippen LogP) is 5.88. The normalized spacial score (nSPS) is 21.2. The van der Waals surface area contributed by atoms with Crippen LogP contribution < -0.4 is 9.91 Å². The number of carbonyl (C=O) groups excluding carboxylic acids is 2. The number of Topliss-reactive ketones (excluding diaryl/α,β-unsaturated/α-hetero) is 1. The summed E-state index contributed by atoms with van der Waals surface area (Å²) in [6.07, 6.45) is 1.90. The summed E-state index contributed by atoms with van der Waals surface area (Å²) in [5, 5.41) is 6.87. The van der Waals surface area contributed by atoms with Crippen molar-refractivity contribution in [1.82, 2.24) is 0 Å². The number of ketones is 1. The first-order valence-electron chi connectivity index (χ1n) is 10.5. The first kappa shape index (κ1) is 21.6. The van der Waals surface area contributed by atoms with Crippen LogP contribution in [-0.4, -0.2) is 21.1 Å². The molecular formula is C26H21N3O2S2. The largest absolute Gasteiger partial charge is 0.292 e. The highest BCUT2D eigenvalue weighted by Gasteiger charge is 2.59. The lowest BCUT2D eigenvalue weighted by Gasteiger charge is -2.38. The Morgan fingerprint density at radius 1 is 0.879 bits per heavy atom. The second kappa shape index (κ2) is 8.57. The molecule has 164 valence electrons. The lowest BCUT2D eigenvalue weighted by Crippen LogP contribution is -2.51. The summed E-state index contributed by atoms with van der Waals surface area (Å²) in [7, 11) is 0. The molecule has 1 saturated heterocycles. The van der Waals surface area contributed by atoms with Gasteiger partial charge in [-0.3, -0.25) is 14.5 Å². The highest BCUT2D eigenvalue weighted by Crippen LogP contribution is 2.59. The Morgan fingerprint density at radius 2 is 1.52 bits per heavy atom. The zero-order chi connectivity index (χ0) is 23.0. The summed E-state index contributed by atoms with van der Waals surface area (Å²) >= 11 is 2.72. The van der Waals surface area contributed by atoms with Gasteiger partial charge in [0.05, 0.1) is 10.6 Å². The molecule has 3 aromatic rings. The Hall–Kier alpha value is -3.29. The summed E-state index contributed by atoms with van der Waals surface area (Å²) < 4.78 is -0.991. The van der Waals surface area contributed by atoms with Crippen molar-refractivity contribution in [1.29, 1.82) is 0 Å². The third-order valence-corrected chi connectivity index (χ3v) is 8.14. The minimum atomic E-state index is -0.991. The van der Waals surface area contributed by atoms with Crippen LogP contribution in [0.5, 0.6) is 0 Å². The van der Waals surface area contributed by atoms with Gasteiger partial charge in [0.1, 0.15) is 0 Å². The van der Waals surface area contributed by atoms with Crippen molar-refractivity contribution < 1.29 is 9.59 Å². The Bertz CT molecular complexity index is 1270. The van der Waals surface area contributed by atoms with E-state index >= 15 is 0 Å². The minimum Gasteiger partial charge on any atom is -0.292 e. The van der Waals surface area contributed by atoms with E-state index < -0.39 is 4.33 Å². The number of hydrogen-bond acceptors (Lipinski definition) is 6. The number of rotatable bonds is 4. The topological polar surface area (TPSA) is 53.0 Å². The molecule has 0 aromatic heterocycles. The SMILES string of the molecule is CC(=O)C1=NN(c2ccc(C)cc2)C2(SC(=Cc3ccccc3)C(=O)N2c2ccccc2)S1. The number of carbonyl (C=O) groups is 2. The van der Waals surface area contributed by atoms with Crippen molar-refractivity contribution in [2.75, 3.05) is 9.91 Å². The summed E-state index contributed by atoms with van der Waals surface area (Å²) in [4.78, 5) is 28.6. The van der Waals surface area contributed by atoms with E-state index in [9.17, 15) is 9.59 Å². The van der Waals surface area contributed by atoms with Gasteiger partial charge in [0, 0.05) is 12.6 Å². The van der Waals surface area contributed by atoms with Gasteiger partial charge in [-0.15, -0.1) is 0 Å². The Morgan fingerprint density at radius 3 is 2.15 bits per heavy atom. The molecule has 1 atom stereocenters. The molecule has 1 unspecified atom stereocenters. The smallest absolute Gasteiger partial charge is 0.268 e. The maximum atomic E-state index is 13.8. The highest BCUT2D eigenvalue weighted by atomic mass is 32.2. The van der Waals surface area contributed by atoms with Gasteiger partial charge in [-0.1, -0.05) is 78.0 Å². The second-order valence-corrected chi connectivity index (χ2v) is 10.4. The predicted molar refractivity (Wildman–Crippen MR) is 138 cm³/mol. The molecule has 5 nitrogen and oxygen atoms in total. The van der Waals surface area contributed by atoms with Crippen LogP contribution in [0.2, 0.25) is 0 Å². The molecule has 2 aliphatic rings. The molecule has 0 saturated carbocycles. The van der Waals surface area contributed by atoms with Gasteiger partial charge < -0.3 is 0 Å². The molecule has 7 heteroatoms. The van der Waals surface area contributed by atoms with Crippen molar-refractivity contribution in [3.8, 4) is 0 Å². The molecule has 0 N–H and O–H groups in total. The van der Waals surface area contributed by atoms with E-state index in [0.717, 1.165) is 22.5 Å². The van der Waals surface area contributed by atoms with E-state index in [0.29, 0.717) is 9.95 Å². The minimum absolute atomic E-state index is 0.125. The molecule has 0 bridgehead atoms. The van der Waals surface area contributed by atoms with Crippen LogP contribution in [0.25, 0.3) is 6.08 Å². The van der Waals surface area contributed by atoms with Gasteiger partial charge in [0.2, 0.25) is 4.33 Å². The molecule has 33 heavy (non-hydrogen) atoms. The highest BCUT2D eigenvalue weighted by molar-refractivity contribution is 8.29.